The molecule has 3 rings (SSSR count). The summed E-state index contributed by atoms with van der Waals surface area (Å²) in [5.74, 6) is 0.500. The Balaban J connectivity index is 1.75. The topological polar surface area (TPSA) is 19.4 Å². The van der Waals surface area contributed by atoms with Crippen LogP contribution in [0, 0.1) is 0 Å². The molecule has 1 aromatic heterocycles. The second-order valence-corrected chi connectivity index (χ2v) is 7.85. The van der Waals surface area contributed by atoms with E-state index in [0.717, 1.165) is 13.0 Å². The molecule has 0 spiro atoms. The van der Waals surface area contributed by atoms with Crippen LogP contribution >= 0.6 is 11.3 Å². The van der Waals surface area contributed by atoms with Crippen molar-refractivity contribution in [3.8, 4) is 11.3 Å². The van der Waals surface area contributed by atoms with Gasteiger partial charge < -0.3 is 9.80 Å². The van der Waals surface area contributed by atoms with Crippen LogP contribution in [0.15, 0.2) is 30.3 Å². The first-order valence-corrected chi connectivity index (χ1v) is 9.41. The minimum absolute atomic E-state index is 0.500. The van der Waals surface area contributed by atoms with Gasteiger partial charge >= 0.3 is 0 Å². The first-order chi connectivity index (χ1) is 11.1. The third-order valence-electron chi connectivity index (χ3n) is 4.51. The van der Waals surface area contributed by atoms with E-state index in [0.29, 0.717) is 5.92 Å². The quantitative estimate of drug-likeness (QED) is 0.833. The van der Waals surface area contributed by atoms with E-state index in [4.69, 9.17) is 4.98 Å². The van der Waals surface area contributed by atoms with E-state index >= 15 is 0 Å². The number of thiazole rings is 1. The minimum Gasteiger partial charge on any atom is -0.304 e. The predicted molar refractivity (Wildman–Crippen MR) is 99.3 cm³/mol. The highest BCUT2D eigenvalue weighted by molar-refractivity contribution is 7.12. The second-order valence-electron chi connectivity index (χ2n) is 6.74. The number of piperazine rings is 1. The maximum Gasteiger partial charge on any atom is 0.0960 e. The molecule has 1 fully saturated rings. The van der Waals surface area contributed by atoms with Gasteiger partial charge in [-0.15, -0.1) is 11.3 Å². The first kappa shape index (κ1) is 16.6. The normalized spacial score (nSPS) is 17.0. The highest BCUT2D eigenvalue weighted by Gasteiger charge is 2.18. The van der Waals surface area contributed by atoms with Crippen molar-refractivity contribution in [2.75, 3.05) is 39.8 Å². The van der Waals surface area contributed by atoms with E-state index in [9.17, 15) is 0 Å². The molecule has 23 heavy (non-hydrogen) atoms. The Labute approximate surface area is 144 Å². The smallest absolute Gasteiger partial charge is 0.0960 e. The lowest BCUT2D eigenvalue weighted by molar-refractivity contribution is 0.156. The van der Waals surface area contributed by atoms with Gasteiger partial charge in [-0.2, -0.15) is 0 Å². The molecule has 1 aromatic carbocycles. The lowest BCUT2D eigenvalue weighted by Gasteiger charge is -2.32. The van der Waals surface area contributed by atoms with Gasteiger partial charge in [0.15, 0.2) is 0 Å². The van der Waals surface area contributed by atoms with Crippen LogP contribution in [-0.2, 0) is 6.42 Å². The number of nitrogens with zero attached hydrogens (tertiary/aromatic N) is 3. The molecule has 0 N–H and O–H groups in total. The summed E-state index contributed by atoms with van der Waals surface area (Å²) < 4.78 is 0. The Bertz CT molecular complexity index is 613. The highest BCUT2D eigenvalue weighted by Crippen LogP contribution is 2.32. The van der Waals surface area contributed by atoms with Crippen molar-refractivity contribution >= 4 is 11.3 Å². The highest BCUT2D eigenvalue weighted by atomic mass is 32.1. The van der Waals surface area contributed by atoms with Crippen LogP contribution in [0.1, 0.15) is 29.7 Å². The minimum atomic E-state index is 0.500. The van der Waals surface area contributed by atoms with Crippen LogP contribution in [0.3, 0.4) is 0 Å². The fraction of sp³-hybridized carbons (Fsp3) is 0.526. The third kappa shape index (κ3) is 4.19. The Morgan fingerprint density at radius 3 is 2.43 bits per heavy atom. The van der Waals surface area contributed by atoms with Gasteiger partial charge in [0, 0.05) is 49.1 Å². The van der Waals surface area contributed by atoms with Gasteiger partial charge in [0.25, 0.3) is 0 Å². The molecular weight excluding hydrogens is 302 g/mol. The number of aromatic nitrogens is 1. The van der Waals surface area contributed by atoms with Crippen LogP contribution in [0.2, 0.25) is 0 Å². The number of likely N-dealkylation sites (N-methyl/N-ethyl adjacent to an activating group) is 1. The standard InChI is InChI=1S/C19H27N3S/c1-15(2)19-20-18(16-7-5-4-6-8-16)17(23-19)9-10-22-13-11-21(3)12-14-22/h4-8,15H,9-14H2,1-3H3. The molecule has 4 heteroatoms. The molecule has 1 aliphatic heterocycles. The number of hydrogen-bond donors (Lipinski definition) is 0. The van der Waals surface area contributed by atoms with Gasteiger partial charge in [-0.1, -0.05) is 44.2 Å². The molecule has 0 bridgehead atoms. The van der Waals surface area contributed by atoms with Gasteiger partial charge in [0.1, 0.15) is 0 Å². The number of hydrogen-bond acceptors (Lipinski definition) is 4. The Kier molecular flexibility index (Phi) is 5.46. The summed E-state index contributed by atoms with van der Waals surface area (Å²) in [5, 5.41) is 1.26. The monoisotopic (exact) mass is 329 g/mol. The molecule has 124 valence electrons. The lowest BCUT2D eigenvalue weighted by atomic mass is 10.1. The zero-order valence-electron chi connectivity index (χ0n) is 14.5. The molecule has 0 unspecified atom stereocenters. The van der Waals surface area contributed by atoms with Crippen molar-refractivity contribution < 1.29 is 0 Å². The van der Waals surface area contributed by atoms with Crippen molar-refractivity contribution in [1.82, 2.24) is 14.8 Å². The second kappa shape index (κ2) is 7.56. The van der Waals surface area contributed by atoms with Gasteiger partial charge in [-0.3, -0.25) is 0 Å². The average Bonchev–Trinajstić information content (AvgIpc) is 3.00. The molecule has 0 aliphatic carbocycles. The van der Waals surface area contributed by atoms with Crippen LogP contribution in [-0.4, -0.2) is 54.6 Å². The lowest BCUT2D eigenvalue weighted by Crippen LogP contribution is -2.45. The van der Waals surface area contributed by atoms with Crippen molar-refractivity contribution in [3.05, 3.63) is 40.2 Å². The molecule has 2 aromatic rings. The fourth-order valence-corrected chi connectivity index (χ4v) is 4.02. The summed E-state index contributed by atoms with van der Waals surface area (Å²) in [6.45, 7) is 10.4. The molecule has 0 atom stereocenters. The molecular formula is C19H27N3S. The molecule has 1 saturated heterocycles. The molecule has 2 heterocycles. The number of rotatable bonds is 5. The first-order valence-electron chi connectivity index (χ1n) is 8.59. The third-order valence-corrected chi connectivity index (χ3v) is 5.92. The summed E-state index contributed by atoms with van der Waals surface area (Å²) in [6.07, 6.45) is 1.11. The van der Waals surface area contributed by atoms with Crippen LogP contribution in [0.4, 0.5) is 0 Å². The van der Waals surface area contributed by atoms with Gasteiger partial charge in [-0.25, -0.2) is 4.98 Å². The van der Waals surface area contributed by atoms with E-state index in [1.165, 1.54) is 47.3 Å². The van der Waals surface area contributed by atoms with E-state index in [-0.39, 0.29) is 0 Å². The average molecular weight is 330 g/mol. The fourth-order valence-electron chi connectivity index (χ4n) is 2.94. The molecule has 0 radical (unpaired) electrons. The number of benzene rings is 1. The summed E-state index contributed by atoms with van der Waals surface area (Å²) in [5.41, 5.74) is 2.46. The van der Waals surface area contributed by atoms with Crippen LogP contribution in [0.5, 0.6) is 0 Å². The van der Waals surface area contributed by atoms with Crippen molar-refractivity contribution in [3.63, 3.8) is 0 Å². The van der Waals surface area contributed by atoms with Gasteiger partial charge in [0.2, 0.25) is 0 Å². The van der Waals surface area contributed by atoms with E-state index in [2.05, 4.69) is 61.0 Å². The summed E-state index contributed by atoms with van der Waals surface area (Å²) in [7, 11) is 2.21. The summed E-state index contributed by atoms with van der Waals surface area (Å²) in [4.78, 5) is 11.4. The Morgan fingerprint density at radius 2 is 1.78 bits per heavy atom. The van der Waals surface area contributed by atoms with E-state index in [1.54, 1.807) is 0 Å². The molecule has 3 nitrogen and oxygen atoms in total. The predicted octanol–water partition coefficient (Wildman–Crippen LogP) is 3.72. The molecule has 0 amide bonds. The van der Waals surface area contributed by atoms with Crippen LogP contribution in [0.25, 0.3) is 11.3 Å². The zero-order valence-corrected chi connectivity index (χ0v) is 15.3. The van der Waals surface area contributed by atoms with Crippen LogP contribution < -0.4 is 0 Å². The van der Waals surface area contributed by atoms with Crippen molar-refractivity contribution in [1.29, 1.82) is 0 Å². The molecule has 0 saturated carbocycles. The summed E-state index contributed by atoms with van der Waals surface area (Å²) in [6, 6.07) is 10.6. The Morgan fingerprint density at radius 1 is 1.09 bits per heavy atom. The SMILES string of the molecule is CC(C)c1nc(-c2ccccc2)c(CCN2CCN(C)CC2)s1. The van der Waals surface area contributed by atoms with E-state index < -0.39 is 0 Å². The maximum atomic E-state index is 4.95. The summed E-state index contributed by atoms with van der Waals surface area (Å²) >= 11 is 1.90. The van der Waals surface area contributed by atoms with E-state index in [1.807, 2.05) is 11.3 Å². The largest absolute Gasteiger partial charge is 0.304 e. The molecule has 1 aliphatic rings. The van der Waals surface area contributed by atoms with Gasteiger partial charge in [-0.05, 0) is 13.5 Å². The van der Waals surface area contributed by atoms with Crippen molar-refractivity contribution in [2.24, 2.45) is 0 Å². The van der Waals surface area contributed by atoms with Crippen molar-refractivity contribution in [2.45, 2.75) is 26.2 Å². The maximum absolute atomic E-state index is 4.95. The Hall–Kier alpha value is -1.23. The zero-order chi connectivity index (χ0) is 16.2. The van der Waals surface area contributed by atoms with Gasteiger partial charge in [0.05, 0.1) is 10.7 Å².